The predicted octanol–water partition coefficient (Wildman–Crippen LogP) is 2.21. The molecule has 0 aromatic heterocycles. The van der Waals surface area contributed by atoms with E-state index in [2.05, 4.69) is 0 Å². The Labute approximate surface area is 143 Å². The molecule has 5 heteroatoms. The number of benzene rings is 1. The largest absolute Gasteiger partial charge is 0.374 e. The van der Waals surface area contributed by atoms with Crippen molar-refractivity contribution in [1.29, 1.82) is 0 Å². The van der Waals surface area contributed by atoms with Gasteiger partial charge < -0.3 is 14.5 Å². The summed E-state index contributed by atoms with van der Waals surface area (Å²) in [6.45, 7) is 3.90. The Kier molecular flexibility index (Phi) is 5.51. The molecule has 2 aliphatic rings. The molecular weight excluding hydrogens is 304 g/mol. The van der Waals surface area contributed by atoms with E-state index in [1.807, 2.05) is 35.2 Å². The Bertz CT molecular complexity index is 575. The molecule has 1 aliphatic carbocycles. The van der Waals surface area contributed by atoms with Gasteiger partial charge in [0.25, 0.3) is 0 Å². The lowest BCUT2D eigenvalue weighted by molar-refractivity contribution is -0.144. The van der Waals surface area contributed by atoms with E-state index < -0.39 is 0 Å². The molecule has 0 unspecified atom stereocenters. The molecule has 0 N–H and O–H groups in total. The zero-order valence-electron chi connectivity index (χ0n) is 14.3. The number of rotatable bonds is 5. The summed E-state index contributed by atoms with van der Waals surface area (Å²) in [5, 5.41) is 0. The second-order valence-electron chi connectivity index (χ2n) is 6.67. The predicted molar refractivity (Wildman–Crippen MR) is 91.2 cm³/mol. The molecule has 24 heavy (non-hydrogen) atoms. The van der Waals surface area contributed by atoms with Crippen molar-refractivity contribution in [2.45, 2.75) is 51.3 Å². The standard InChI is InChI=1S/C19H26N2O3/c1-15(22)20(14-16-6-3-2-4-7-16)11-10-19(23)21-12-13-24-18-9-5-8-17(18)21/h2-4,6-7,17-18H,5,8-14H2,1H3/t17-,18+/m1/s1. The van der Waals surface area contributed by atoms with Crippen LogP contribution in [0.15, 0.2) is 30.3 Å². The van der Waals surface area contributed by atoms with Crippen LogP contribution in [-0.4, -0.2) is 53.5 Å². The molecule has 1 aromatic carbocycles. The minimum Gasteiger partial charge on any atom is -0.374 e. The van der Waals surface area contributed by atoms with Crippen molar-refractivity contribution in [1.82, 2.24) is 9.80 Å². The van der Waals surface area contributed by atoms with Crippen molar-refractivity contribution in [3.05, 3.63) is 35.9 Å². The summed E-state index contributed by atoms with van der Waals surface area (Å²) in [7, 11) is 0. The lowest BCUT2D eigenvalue weighted by atomic mass is 10.1. The minimum absolute atomic E-state index is 0.00683. The van der Waals surface area contributed by atoms with Crippen molar-refractivity contribution in [2.24, 2.45) is 0 Å². The van der Waals surface area contributed by atoms with Gasteiger partial charge in [-0.25, -0.2) is 0 Å². The van der Waals surface area contributed by atoms with Gasteiger partial charge in [0.1, 0.15) is 0 Å². The molecule has 0 radical (unpaired) electrons. The van der Waals surface area contributed by atoms with E-state index in [0.29, 0.717) is 32.7 Å². The van der Waals surface area contributed by atoms with Gasteiger partial charge in [0, 0.05) is 33.0 Å². The maximum absolute atomic E-state index is 12.7. The molecule has 0 spiro atoms. The summed E-state index contributed by atoms with van der Waals surface area (Å²) >= 11 is 0. The van der Waals surface area contributed by atoms with Crippen molar-refractivity contribution in [2.75, 3.05) is 19.7 Å². The molecule has 130 valence electrons. The van der Waals surface area contributed by atoms with E-state index in [4.69, 9.17) is 4.74 Å². The highest BCUT2D eigenvalue weighted by Crippen LogP contribution is 2.30. The second kappa shape index (κ2) is 7.79. The Balaban J connectivity index is 1.56. The summed E-state index contributed by atoms with van der Waals surface area (Å²) in [6.07, 6.45) is 3.83. The first kappa shape index (κ1) is 17.0. The van der Waals surface area contributed by atoms with E-state index in [0.717, 1.165) is 24.8 Å². The molecule has 2 fully saturated rings. The molecule has 1 saturated heterocycles. The lowest BCUT2D eigenvalue weighted by Crippen LogP contribution is -2.51. The highest BCUT2D eigenvalue weighted by molar-refractivity contribution is 5.78. The molecule has 1 heterocycles. The van der Waals surface area contributed by atoms with E-state index in [-0.39, 0.29) is 24.0 Å². The fourth-order valence-electron chi connectivity index (χ4n) is 3.76. The average Bonchev–Trinajstić information content (AvgIpc) is 3.07. The number of hydrogen-bond acceptors (Lipinski definition) is 3. The van der Waals surface area contributed by atoms with Crippen molar-refractivity contribution < 1.29 is 14.3 Å². The number of hydrogen-bond donors (Lipinski definition) is 0. The first-order valence-electron chi connectivity index (χ1n) is 8.85. The number of carbonyl (C=O) groups excluding carboxylic acids is 2. The van der Waals surface area contributed by atoms with Crippen LogP contribution in [-0.2, 0) is 20.9 Å². The Morgan fingerprint density at radius 3 is 2.79 bits per heavy atom. The fourth-order valence-corrected chi connectivity index (χ4v) is 3.76. The van der Waals surface area contributed by atoms with Gasteiger partial charge in [-0.15, -0.1) is 0 Å². The van der Waals surface area contributed by atoms with Crippen LogP contribution in [0.5, 0.6) is 0 Å². The maximum Gasteiger partial charge on any atom is 0.224 e. The number of nitrogens with zero attached hydrogens (tertiary/aromatic N) is 2. The summed E-state index contributed by atoms with van der Waals surface area (Å²) in [5.74, 6) is 0.155. The second-order valence-corrected chi connectivity index (χ2v) is 6.67. The van der Waals surface area contributed by atoms with Gasteiger partial charge in [-0.3, -0.25) is 9.59 Å². The van der Waals surface area contributed by atoms with Gasteiger partial charge in [0.2, 0.25) is 11.8 Å². The zero-order chi connectivity index (χ0) is 16.9. The van der Waals surface area contributed by atoms with E-state index in [1.54, 1.807) is 11.8 Å². The normalized spacial score (nSPS) is 23.0. The quantitative estimate of drug-likeness (QED) is 0.832. The first-order chi connectivity index (χ1) is 11.6. The van der Waals surface area contributed by atoms with Gasteiger partial charge in [-0.1, -0.05) is 30.3 Å². The number of carbonyl (C=O) groups is 2. The molecule has 3 rings (SSSR count). The average molecular weight is 330 g/mol. The topological polar surface area (TPSA) is 49.9 Å². The summed E-state index contributed by atoms with van der Waals surface area (Å²) in [6, 6.07) is 10.1. The van der Waals surface area contributed by atoms with E-state index in [9.17, 15) is 9.59 Å². The number of morpholine rings is 1. The van der Waals surface area contributed by atoms with Crippen LogP contribution in [0.2, 0.25) is 0 Å². The maximum atomic E-state index is 12.7. The Morgan fingerprint density at radius 1 is 1.25 bits per heavy atom. The Morgan fingerprint density at radius 2 is 2.04 bits per heavy atom. The third-order valence-electron chi connectivity index (χ3n) is 5.06. The van der Waals surface area contributed by atoms with Crippen LogP contribution in [0.4, 0.5) is 0 Å². The minimum atomic E-state index is 0.00683. The monoisotopic (exact) mass is 330 g/mol. The molecule has 2 atom stereocenters. The van der Waals surface area contributed by atoms with Crippen LogP contribution in [0, 0.1) is 0 Å². The molecule has 5 nitrogen and oxygen atoms in total. The molecule has 1 aromatic rings. The third kappa shape index (κ3) is 3.96. The lowest BCUT2D eigenvalue weighted by Gasteiger charge is -2.38. The zero-order valence-corrected chi connectivity index (χ0v) is 14.3. The summed E-state index contributed by atoms with van der Waals surface area (Å²) in [5.41, 5.74) is 1.09. The SMILES string of the molecule is CC(=O)N(CCC(=O)N1CCO[C@H]2CCC[C@H]21)Cc1ccccc1. The van der Waals surface area contributed by atoms with Gasteiger partial charge in [-0.05, 0) is 24.8 Å². The van der Waals surface area contributed by atoms with Gasteiger partial charge in [-0.2, -0.15) is 0 Å². The van der Waals surface area contributed by atoms with Gasteiger partial charge in [0.05, 0.1) is 18.8 Å². The van der Waals surface area contributed by atoms with Crippen LogP contribution < -0.4 is 0 Å². The number of ether oxygens (including phenoxy) is 1. The smallest absolute Gasteiger partial charge is 0.224 e. The van der Waals surface area contributed by atoms with Crippen LogP contribution >= 0.6 is 0 Å². The molecule has 1 saturated carbocycles. The fraction of sp³-hybridized carbons (Fsp3) is 0.579. The highest BCUT2D eigenvalue weighted by atomic mass is 16.5. The summed E-state index contributed by atoms with van der Waals surface area (Å²) < 4.78 is 5.77. The molecule has 1 aliphatic heterocycles. The molecule has 2 amide bonds. The van der Waals surface area contributed by atoms with Crippen LogP contribution in [0.3, 0.4) is 0 Å². The van der Waals surface area contributed by atoms with Crippen LogP contribution in [0.1, 0.15) is 38.2 Å². The van der Waals surface area contributed by atoms with Crippen LogP contribution in [0.25, 0.3) is 0 Å². The number of fused-ring (bicyclic) bond motifs is 1. The van der Waals surface area contributed by atoms with Crippen molar-refractivity contribution in [3.63, 3.8) is 0 Å². The van der Waals surface area contributed by atoms with Gasteiger partial charge in [0.15, 0.2) is 0 Å². The van der Waals surface area contributed by atoms with E-state index in [1.165, 1.54) is 0 Å². The van der Waals surface area contributed by atoms with Crippen molar-refractivity contribution >= 4 is 11.8 Å². The molecule has 0 bridgehead atoms. The Hall–Kier alpha value is -1.88. The first-order valence-corrected chi connectivity index (χ1v) is 8.85. The summed E-state index contributed by atoms with van der Waals surface area (Å²) in [4.78, 5) is 28.3. The third-order valence-corrected chi connectivity index (χ3v) is 5.06. The molecular formula is C19H26N2O3. The highest BCUT2D eigenvalue weighted by Gasteiger charge is 2.38. The van der Waals surface area contributed by atoms with Gasteiger partial charge >= 0.3 is 0 Å². The van der Waals surface area contributed by atoms with Crippen molar-refractivity contribution in [3.8, 4) is 0 Å². The van der Waals surface area contributed by atoms with E-state index >= 15 is 0 Å². The number of amides is 2.